The standard InChI is InChI=1S/C38H30N4/c1-4-26-19-24-34-32(25-26)38(2,3)31-17-11-12-18-33(31)42(34)30-22-20-29(21-23-30)37-40-35(27-13-7-5-8-14-27)39-36(41-37)28-15-9-6-10-16-28/h4-25H,1H2,2-3H3. The fourth-order valence-electron chi connectivity index (χ4n) is 5.82. The van der Waals surface area contributed by atoms with Gasteiger partial charge in [-0.1, -0.05) is 111 Å². The van der Waals surface area contributed by atoms with E-state index in [1.54, 1.807) is 0 Å². The van der Waals surface area contributed by atoms with E-state index in [1.807, 2.05) is 66.7 Å². The smallest absolute Gasteiger partial charge is 0.164 e. The van der Waals surface area contributed by atoms with Crippen molar-refractivity contribution >= 4 is 23.1 Å². The van der Waals surface area contributed by atoms with Crippen molar-refractivity contribution < 1.29 is 0 Å². The molecule has 0 aliphatic carbocycles. The quantitative estimate of drug-likeness (QED) is 0.217. The third-order valence-corrected chi connectivity index (χ3v) is 8.07. The van der Waals surface area contributed by atoms with E-state index < -0.39 is 0 Å². The minimum atomic E-state index is -0.145. The van der Waals surface area contributed by atoms with E-state index in [9.17, 15) is 0 Å². The Morgan fingerprint density at radius 1 is 0.548 bits per heavy atom. The molecule has 0 radical (unpaired) electrons. The Labute approximate surface area is 246 Å². The van der Waals surface area contributed by atoms with Crippen molar-refractivity contribution in [2.24, 2.45) is 0 Å². The summed E-state index contributed by atoms with van der Waals surface area (Å²) in [5, 5.41) is 0. The predicted octanol–water partition coefficient (Wildman–Crippen LogP) is 9.62. The molecule has 0 unspecified atom stereocenters. The van der Waals surface area contributed by atoms with Gasteiger partial charge in [-0.2, -0.15) is 0 Å². The predicted molar refractivity (Wildman–Crippen MR) is 173 cm³/mol. The van der Waals surface area contributed by atoms with Gasteiger partial charge in [0.25, 0.3) is 0 Å². The van der Waals surface area contributed by atoms with E-state index in [0.29, 0.717) is 17.5 Å². The fourth-order valence-corrected chi connectivity index (χ4v) is 5.82. The summed E-state index contributed by atoms with van der Waals surface area (Å²) >= 11 is 0. The monoisotopic (exact) mass is 542 g/mol. The molecular formula is C38H30N4. The molecule has 42 heavy (non-hydrogen) atoms. The number of hydrogen-bond donors (Lipinski definition) is 0. The Morgan fingerprint density at radius 3 is 1.62 bits per heavy atom. The van der Waals surface area contributed by atoms with Crippen molar-refractivity contribution in [2.45, 2.75) is 19.3 Å². The Bertz CT molecular complexity index is 1850. The molecular weight excluding hydrogens is 512 g/mol. The van der Waals surface area contributed by atoms with Gasteiger partial charge in [0, 0.05) is 27.8 Å². The molecule has 7 rings (SSSR count). The SMILES string of the molecule is C=Cc1ccc2c(c1)C(C)(C)c1ccccc1N2c1ccc(-c2nc(-c3ccccc3)nc(-c3ccccc3)n2)cc1. The molecule has 0 bridgehead atoms. The maximum Gasteiger partial charge on any atom is 0.164 e. The van der Waals surface area contributed by atoms with Crippen LogP contribution in [0.2, 0.25) is 0 Å². The minimum Gasteiger partial charge on any atom is -0.310 e. The van der Waals surface area contributed by atoms with Gasteiger partial charge in [-0.15, -0.1) is 0 Å². The van der Waals surface area contributed by atoms with Gasteiger partial charge in [-0.05, 0) is 59.2 Å². The van der Waals surface area contributed by atoms with Crippen molar-refractivity contribution in [3.63, 3.8) is 0 Å². The second kappa shape index (κ2) is 10.2. The second-order valence-corrected chi connectivity index (χ2v) is 11.0. The first kappa shape index (κ1) is 25.6. The molecule has 202 valence electrons. The van der Waals surface area contributed by atoms with E-state index in [-0.39, 0.29) is 5.41 Å². The van der Waals surface area contributed by atoms with Crippen LogP contribution in [0.4, 0.5) is 17.1 Å². The van der Waals surface area contributed by atoms with Gasteiger partial charge in [-0.25, -0.2) is 15.0 Å². The zero-order chi connectivity index (χ0) is 28.7. The Hall–Kier alpha value is -5.35. The fraction of sp³-hybridized carbons (Fsp3) is 0.0789. The molecule has 0 saturated heterocycles. The van der Waals surface area contributed by atoms with Gasteiger partial charge in [0.15, 0.2) is 17.5 Å². The van der Waals surface area contributed by atoms with Crippen LogP contribution >= 0.6 is 0 Å². The lowest BCUT2D eigenvalue weighted by atomic mass is 9.73. The molecule has 4 nitrogen and oxygen atoms in total. The first-order chi connectivity index (χ1) is 20.5. The van der Waals surface area contributed by atoms with E-state index in [2.05, 4.69) is 92.1 Å². The number of hydrogen-bond acceptors (Lipinski definition) is 4. The van der Waals surface area contributed by atoms with Gasteiger partial charge in [0.05, 0.1) is 11.4 Å². The zero-order valence-corrected chi connectivity index (χ0v) is 23.7. The lowest BCUT2D eigenvalue weighted by molar-refractivity contribution is 0.631. The first-order valence-electron chi connectivity index (χ1n) is 14.2. The van der Waals surface area contributed by atoms with Gasteiger partial charge in [0.2, 0.25) is 0 Å². The molecule has 1 aliphatic heterocycles. The molecule has 1 aliphatic rings. The van der Waals surface area contributed by atoms with Crippen LogP contribution in [-0.4, -0.2) is 15.0 Å². The van der Waals surface area contributed by atoms with E-state index in [0.717, 1.165) is 27.9 Å². The average Bonchev–Trinajstić information content (AvgIpc) is 3.06. The van der Waals surface area contributed by atoms with Crippen LogP contribution in [0.25, 0.3) is 40.2 Å². The summed E-state index contributed by atoms with van der Waals surface area (Å²) in [5.41, 5.74) is 9.83. The zero-order valence-electron chi connectivity index (χ0n) is 23.7. The highest BCUT2D eigenvalue weighted by atomic mass is 15.2. The third kappa shape index (κ3) is 4.38. The highest BCUT2D eigenvalue weighted by Crippen LogP contribution is 2.52. The molecule has 2 heterocycles. The number of fused-ring (bicyclic) bond motifs is 2. The number of benzene rings is 5. The molecule has 4 heteroatoms. The average molecular weight is 543 g/mol. The second-order valence-electron chi connectivity index (χ2n) is 11.0. The van der Waals surface area contributed by atoms with Crippen molar-refractivity contribution in [1.82, 2.24) is 15.0 Å². The Kier molecular flexibility index (Phi) is 6.24. The largest absolute Gasteiger partial charge is 0.310 e. The van der Waals surface area contributed by atoms with Crippen LogP contribution in [0.5, 0.6) is 0 Å². The van der Waals surface area contributed by atoms with Crippen LogP contribution in [0.3, 0.4) is 0 Å². The van der Waals surface area contributed by atoms with Crippen molar-refractivity contribution in [3.8, 4) is 34.2 Å². The van der Waals surface area contributed by atoms with Crippen LogP contribution in [0, 0.1) is 0 Å². The summed E-state index contributed by atoms with van der Waals surface area (Å²) in [6.07, 6.45) is 1.91. The van der Waals surface area contributed by atoms with Crippen LogP contribution < -0.4 is 4.90 Å². The van der Waals surface area contributed by atoms with Crippen LogP contribution in [-0.2, 0) is 5.41 Å². The Balaban J connectivity index is 1.34. The summed E-state index contributed by atoms with van der Waals surface area (Å²) in [4.78, 5) is 17.0. The van der Waals surface area contributed by atoms with E-state index in [4.69, 9.17) is 15.0 Å². The third-order valence-electron chi connectivity index (χ3n) is 8.07. The molecule has 0 N–H and O–H groups in total. The first-order valence-corrected chi connectivity index (χ1v) is 14.2. The van der Waals surface area contributed by atoms with E-state index >= 15 is 0 Å². The maximum atomic E-state index is 4.91. The summed E-state index contributed by atoms with van der Waals surface area (Å²) < 4.78 is 0. The van der Waals surface area contributed by atoms with Gasteiger partial charge >= 0.3 is 0 Å². The van der Waals surface area contributed by atoms with Crippen molar-refractivity contribution in [2.75, 3.05) is 4.90 Å². The molecule has 0 amide bonds. The molecule has 0 spiro atoms. The number of rotatable bonds is 5. The van der Waals surface area contributed by atoms with Crippen molar-refractivity contribution in [3.05, 3.63) is 151 Å². The highest BCUT2D eigenvalue weighted by molar-refractivity contribution is 5.87. The Morgan fingerprint density at radius 2 is 1.05 bits per heavy atom. The summed E-state index contributed by atoms with van der Waals surface area (Å²) in [6, 6.07) is 43.9. The molecule has 0 fully saturated rings. The summed E-state index contributed by atoms with van der Waals surface area (Å²) in [6.45, 7) is 8.61. The highest BCUT2D eigenvalue weighted by Gasteiger charge is 2.36. The summed E-state index contributed by atoms with van der Waals surface area (Å²) in [5.74, 6) is 1.95. The minimum absolute atomic E-state index is 0.145. The van der Waals surface area contributed by atoms with Crippen molar-refractivity contribution in [1.29, 1.82) is 0 Å². The van der Waals surface area contributed by atoms with Gasteiger partial charge in [0.1, 0.15) is 0 Å². The number of anilines is 3. The molecule has 5 aromatic carbocycles. The number of para-hydroxylation sites is 1. The van der Waals surface area contributed by atoms with Crippen LogP contribution in [0.15, 0.2) is 134 Å². The molecule has 0 atom stereocenters. The number of nitrogens with zero attached hydrogens (tertiary/aromatic N) is 4. The molecule has 0 saturated carbocycles. The lowest BCUT2D eigenvalue weighted by Crippen LogP contribution is -2.30. The molecule has 1 aromatic heterocycles. The van der Waals surface area contributed by atoms with E-state index in [1.165, 1.54) is 22.5 Å². The maximum absolute atomic E-state index is 4.91. The molecule has 6 aromatic rings. The number of aromatic nitrogens is 3. The normalized spacial score (nSPS) is 13.2. The lowest BCUT2D eigenvalue weighted by Gasteiger charge is -2.42. The van der Waals surface area contributed by atoms with Gasteiger partial charge in [-0.3, -0.25) is 0 Å². The topological polar surface area (TPSA) is 41.9 Å². The van der Waals surface area contributed by atoms with Gasteiger partial charge < -0.3 is 4.90 Å². The summed E-state index contributed by atoms with van der Waals surface area (Å²) in [7, 11) is 0. The van der Waals surface area contributed by atoms with Crippen LogP contribution in [0.1, 0.15) is 30.5 Å².